The van der Waals surface area contributed by atoms with Crippen molar-refractivity contribution in [1.82, 2.24) is 10.3 Å². The summed E-state index contributed by atoms with van der Waals surface area (Å²) in [6, 6.07) is 3.97. The molecule has 0 unspecified atom stereocenters. The summed E-state index contributed by atoms with van der Waals surface area (Å²) in [7, 11) is 0. The zero-order valence-corrected chi connectivity index (χ0v) is 12.8. The zero-order chi connectivity index (χ0) is 14.4. The largest absolute Gasteiger partial charge is 0.440 e. The van der Waals surface area contributed by atoms with Crippen molar-refractivity contribution >= 4 is 17.2 Å². The van der Waals surface area contributed by atoms with Gasteiger partial charge in [-0.05, 0) is 24.8 Å². The summed E-state index contributed by atoms with van der Waals surface area (Å²) >= 11 is 1.61. The minimum atomic E-state index is 0.117. The minimum absolute atomic E-state index is 0.117. The van der Waals surface area contributed by atoms with Gasteiger partial charge < -0.3 is 9.73 Å². The van der Waals surface area contributed by atoms with Gasteiger partial charge in [0.2, 0.25) is 11.8 Å². The number of carbonyl (C=O) groups excluding carboxylic acids is 1. The van der Waals surface area contributed by atoms with Crippen LogP contribution in [0, 0.1) is 6.92 Å². The summed E-state index contributed by atoms with van der Waals surface area (Å²) in [4.78, 5) is 17.1. The normalized spacial score (nSPS) is 10.7. The van der Waals surface area contributed by atoms with E-state index < -0.39 is 0 Å². The Labute approximate surface area is 123 Å². The predicted molar refractivity (Wildman–Crippen MR) is 80.8 cm³/mol. The van der Waals surface area contributed by atoms with Crippen LogP contribution < -0.4 is 5.32 Å². The average molecular weight is 292 g/mol. The predicted octanol–water partition coefficient (Wildman–Crippen LogP) is 3.56. The van der Waals surface area contributed by atoms with Gasteiger partial charge in [0.05, 0.1) is 10.6 Å². The number of nitrogens with zero attached hydrogens (tertiary/aromatic N) is 1. The maximum atomic E-state index is 11.5. The van der Waals surface area contributed by atoms with E-state index in [1.54, 1.807) is 11.3 Å². The Kier molecular flexibility index (Phi) is 5.35. The van der Waals surface area contributed by atoms with Crippen LogP contribution in [0.2, 0.25) is 0 Å². The zero-order valence-electron chi connectivity index (χ0n) is 11.9. The fourth-order valence-electron chi connectivity index (χ4n) is 1.91. The van der Waals surface area contributed by atoms with Crippen LogP contribution in [0.15, 0.2) is 21.9 Å². The second-order valence-corrected chi connectivity index (χ2v) is 5.65. The molecule has 2 rings (SSSR count). The van der Waals surface area contributed by atoms with Crippen molar-refractivity contribution in [1.29, 1.82) is 0 Å². The molecular formula is C15H20N2O2S. The number of aryl methyl sites for hydroxylation is 1. The molecule has 0 fully saturated rings. The molecule has 2 aromatic rings. The fourth-order valence-corrected chi connectivity index (χ4v) is 2.56. The summed E-state index contributed by atoms with van der Waals surface area (Å²) in [5.74, 6) is 1.62. The lowest BCUT2D eigenvalue weighted by Gasteiger charge is -2.03. The molecule has 0 aliphatic heterocycles. The first-order valence-corrected chi connectivity index (χ1v) is 7.85. The van der Waals surface area contributed by atoms with Crippen LogP contribution in [0.3, 0.4) is 0 Å². The Morgan fingerprint density at radius 1 is 1.50 bits per heavy atom. The molecule has 2 aromatic heterocycles. The van der Waals surface area contributed by atoms with E-state index >= 15 is 0 Å². The van der Waals surface area contributed by atoms with Gasteiger partial charge >= 0.3 is 0 Å². The van der Waals surface area contributed by atoms with E-state index in [0.717, 1.165) is 29.2 Å². The summed E-state index contributed by atoms with van der Waals surface area (Å²) in [5, 5.41) is 4.92. The lowest BCUT2D eigenvalue weighted by atomic mass is 10.2. The molecule has 1 N–H and O–H groups in total. The van der Waals surface area contributed by atoms with Crippen LogP contribution in [0.25, 0.3) is 10.8 Å². The van der Waals surface area contributed by atoms with Gasteiger partial charge in [0.25, 0.3) is 0 Å². The third-order valence-electron chi connectivity index (χ3n) is 3.07. The van der Waals surface area contributed by atoms with E-state index in [4.69, 9.17) is 4.42 Å². The number of rotatable bonds is 7. The monoisotopic (exact) mass is 292 g/mol. The van der Waals surface area contributed by atoms with Crippen LogP contribution in [0.4, 0.5) is 0 Å². The number of nitrogens with one attached hydrogen (secondary N) is 1. The molecule has 0 aliphatic carbocycles. The fraction of sp³-hybridized carbons (Fsp3) is 0.467. The standard InChI is InChI=1S/C15H20N2O2S/c1-3-4-7-14(18)16-9-8-12-11(2)19-15(17-12)13-6-5-10-20-13/h5-6,10H,3-4,7-9H2,1-2H3,(H,16,18). The number of oxazole rings is 1. The quantitative estimate of drug-likeness (QED) is 0.849. The molecule has 0 bridgehead atoms. The first-order valence-electron chi connectivity index (χ1n) is 6.97. The Morgan fingerprint density at radius 3 is 3.05 bits per heavy atom. The SMILES string of the molecule is CCCCC(=O)NCCc1nc(-c2cccs2)oc1C. The highest BCUT2D eigenvalue weighted by atomic mass is 32.1. The molecule has 0 saturated carbocycles. The number of unbranched alkanes of at least 4 members (excludes halogenated alkanes) is 1. The van der Waals surface area contributed by atoms with Gasteiger partial charge in [-0.15, -0.1) is 11.3 Å². The molecule has 1 amide bonds. The number of hydrogen-bond donors (Lipinski definition) is 1. The minimum Gasteiger partial charge on any atom is -0.440 e. The Bertz CT molecular complexity index is 546. The van der Waals surface area contributed by atoms with Crippen LogP contribution in [-0.4, -0.2) is 17.4 Å². The van der Waals surface area contributed by atoms with Crippen LogP contribution >= 0.6 is 11.3 Å². The molecule has 20 heavy (non-hydrogen) atoms. The second-order valence-electron chi connectivity index (χ2n) is 4.70. The number of thiophene rings is 1. The maximum Gasteiger partial charge on any atom is 0.236 e. The van der Waals surface area contributed by atoms with E-state index in [9.17, 15) is 4.79 Å². The lowest BCUT2D eigenvalue weighted by molar-refractivity contribution is -0.121. The number of carbonyl (C=O) groups is 1. The average Bonchev–Trinajstić information content (AvgIpc) is 3.06. The van der Waals surface area contributed by atoms with E-state index in [2.05, 4.69) is 17.2 Å². The van der Waals surface area contributed by atoms with Gasteiger partial charge in [-0.2, -0.15) is 0 Å². The Morgan fingerprint density at radius 2 is 2.35 bits per heavy atom. The van der Waals surface area contributed by atoms with E-state index in [1.807, 2.05) is 24.4 Å². The smallest absolute Gasteiger partial charge is 0.236 e. The first kappa shape index (κ1) is 14.8. The van der Waals surface area contributed by atoms with Gasteiger partial charge in [0, 0.05) is 19.4 Å². The highest BCUT2D eigenvalue weighted by molar-refractivity contribution is 7.13. The van der Waals surface area contributed by atoms with E-state index in [1.165, 1.54) is 0 Å². The van der Waals surface area contributed by atoms with Crippen LogP contribution in [0.5, 0.6) is 0 Å². The van der Waals surface area contributed by atoms with Crippen LogP contribution in [-0.2, 0) is 11.2 Å². The third kappa shape index (κ3) is 3.93. The third-order valence-corrected chi connectivity index (χ3v) is 3.92. The number of aromatic nitrogens is 1. The molecule has 0 aliphatic rings. The van der Waals surface area contributed by atoms with Crippen molar-refractivity contribution in [3.63, 3.8) is 0 Å². The van der Waals surface area contributed by atoms with E-state index in [-0.39, 0.29) is 5.91 Å². The van der Waals surface area contributed by atoms with Gasteiger partial charge in [-0.1, -0.05) is 19.4 Å². The Hall–Kier alpha value is -1.62. The van der Waals surface area contributed by atoms with E-state index in [0.29, 0.717) is 25.3 Å². The summed E-state index contributed by atoms with van der Waals surface area (Å²) in [6.45, 7) is 4.61. The van der Waals surface area contributed by atoms with Gasteiger partial charge in [-0.25, -0.2) is 4.98 Å². The summed E-state index contributed by atoms with van der Waals surface area (Å²) in [6.07, 6.45) is 3.30. The van der Waals surface area contributed by atoms with Crippen molar-refractivity contribution in [2.75, 3.05) is 6.54 Å². The summed E-state index contributed by atoms with van der Waals surface area (Å²) < 4.78 is 5.67. The molecule has 4 nitrogen and oxygen atoms in total. The van der Waals surface area contributed by atoms with Gasteiger partial charge in [-0.3, -0.25) is 4.79 Å². The molecule has 0 atom stereocenters. The number of hydrogen-bond acceptors (Lipinski definition) is 4. The highest BCUT2D eigenvalue weighted by Gasteiger charge is 2.12. The lowest BCUT2D eigenvalue weighted by Crippen LogP contribution is -2.25. The first-order chi connectivity index (χ1) is 9.70. The van der Waals surface area contributed by atoms with Crippen molar-refractivity contribution < 1.29 is 9.21 Å². The van der Waals surface area contributed by atoms with Gasteiger partial charge in [0.15, 0.2) is 0 Å². The van der Waals surface area contributed by atoms with Crippen molar-refractivity contribution in [3.8, 4) is 10.8 Å². The molecule has 0 aromatic carbocycles. The molecule has 0 saturated heterocycles. The maximum absolute atomic E-state index is 11.5. The number of amides is 1. The van der Waals surface area contributed by atoms with Crippen LogP contribution in [0.1, 0.15) is 37.6 Å². The van der Waals surface area contributed by atoms with Crippen molar-refractivity contribution in [2.45, 2.75) is 39.5 Å². The summed E-state index contributed by atoms with van der Waals surface area (Å²) in [5.41, 5.74) is 0.921. The molecule has 0 radical (unpaired) electrons. The molecule has 2 heterocycles. The Balaban J connectivity index is 1.86. The second kappa shape index (κ2) is 7.24. The molecule has 5 heteroatoms. The van der Waals surface area contributed by atoms with Gasteiger partial charge in [0.1, 0.15) is 5.76 Å². The molecular weight excluding hydrogens is 272 g/mol. The van der Waals surface area contributed by atoms with Crippen molar-refractivity contribution in [2.24, 2.45) is 0 Å². The molecule has 0 spiro atoms. The van der Waals surface area contributed by atoms with Crippen molar-refractivity contribution in [3.05, 3.63) is 29.0 Å². The molecule has 108 valence electrons. The topological polar surface area (TPSA) is 55.1 Å². The highest BCUT2D eigenvalue weighted by Crippen LogP contribution is 2.25.